The first kappa shape index (κ1) is 6.85. The molecule has 0 amide bonds. The van der Waals surface area contributed by atoms with E-state index in [1.807, 2.05) is 11.4 Å². The van der Waals surface area contributed by atoms with Gasteiger partial charge in [0.05, 0.1) is 0 Å². The van der Waals surface area contributed by atoms with Gasteiger partial charge >= 0.3 is 5.97 Å². The Bertz CT molecular complexity index is 249. The van der Waals surface area contributed by atoms with Gasteiger partial charge in [-0.25, -0.2) is 4.79 Å². The van der Waals surface area contributed by atoms with Crippen LogP contribution in [0.4, 0.5) is 0 Å². The lowest BCUT2D eigenvalue weighted by molar-refractivity contribution is 0.0478. The SMILES string of the molecule is O=C(OC1CC1)c1cccs1. The maximum Gasteiger partial charge on any atom is 0.348 e. The maximum atomic E-state index is 11.1. The molecule has 0 N–H and O–H groups in total. The average molecular weight is 168 g/mol. The number of esters is 1. The van der Waals surface area contributed by atoms with Crippen molar-refractivity contribution in [3.63, 3.8) is 0 Å². The van der Waals surface area contributed by atoms with Gasteiger partial charge in [-0.2, -0.15) is 0 Å². The van der Waals surface area contributed by atoms with Crippen molar-refractivity contribution in [1.29, 1.82) is 0 Å². The first-order valence-corrected chi connectivity index (χ1v) is 4.49. The lowest BCUT2D eigenvalue weighted by atomic mass is 10.5. The van der Waals surface area contributed by atoms with Gasteiger partial charge < -0.3 is 4.74 Å². The molecular weight excluding hydrogens is 160 g/mol. The summed E-state index contributed by atoms with van der Waals surface area (Å²) >= 11 is 1.43. The molecule has 58 valence electrons. The smallest absolute Gasteiger partial charge is 0.348 e. The molecule has 0 radical (unpaired) electrons. The summed E-state index contributed by atoms with van der Waals surface area (Å²) in [4.78, 5) is 11.8. The van der Waals surface area contributed by atoms with E-state index < -0.39 is 0 Å². The van der Waals surface area contributed by atoms with E-state index in [2.05, 4.69) is 0 Å². The summed E-state index contributed by atoms with van der Waals surface area (Å²) in [5, 5.41) is 1.88. The molecule has 0 aliphatic heterocycles. The standard InChI is InChI=1S/C8H8O2S/c9-8(10-6-3-4-6)7-2-1-5-11-7/h1-2,5-6H,3-4H2. The molecule has 1 aliphatic rings. The molecule has 0 aromatic carbocycles. The van der Waals surface area contributed by atoms with Gasteiger partial charge in [0.1, 0.15) is 11.0 Å². The summed E-state index contributed by atoms with van der Waals surface area (Å²) < 4.78 is 5.08. The second-order valence-corrected chi connectivity index (χ2v) is 3.53. The van der Waals surface area contributed by atoms with E-state index in [9.17, 15) is 4.79 Å². The number of hydrogen-bond donors (Lipinski definition) is 0. The van der Waals surface area contributed by atoms with E-state index in [1.165, 1.54) is 11.3 Å². The van der Waals surface area contributed by atoms with Crippen LogP contribution >= 0.6 is 11.3 Å². The fourth-order valence-electron chi connectivity index (χ4n) is 0.790. The largest absolute Gasteiger partial charge is 0.458 e. The molecule has 0 saturated heterocycles. The Balaban J connectivity index is 1.99. The van der Waals surface area contributed by atoms with E-state index in [0.717, 1.165) is 12.8 Å². The van der Waals surface area contributed by atoms with E-state index in [0.29, 0.717) is 4.88 Å². The number of carbonyl (C=O) groups is 1. The van der Waals surface area contributed by atoms with Crippen LogP contribution in [0, 0.1) is 0 Å². The normalized spacial score (nSPS) is 16.4. The topological polar surface area (TPSA) is 26.3 Å². The second-order valence-electron chi connectivity index (χ2n) is 2.58. The molecule has 1 heterocycles. The van der Waals surface area contributed by atoms with Crippen molar-refractivity contribution in [1.82, 2.24) is 0 Å². The Kier molecular flexibility index (Phi) is 1.66. The van der Waals surface area contributed by atoms with Gasteiger partial charge in [-0.15, -0.1) is 11.3 Å². The van der Waals surface area contributed by atoms with Crippen molar-refractivity contribution in [2.24, 2.45) is 0 Å². The van der Waals surface area contributed by atoms with Crippen LogP contribution in [0.15, 0.2) is 17.5 Å². The van der Waals surface area contributed by atoms with E-state index in [-0.39, 0.29) is 12.1 Å². The van der Waals surface area contributed by atoms with Crippen molar-refractivity contribution in [3.8, 4) is 0 Å². The zero-order valence-corrected chi connectivity index (χ0v) is 6.76. The van der Waals surface area contributed by atoms with E-state index in [4.69, 9.17) is 4.74 Å². The number of ether oxygens (including phenoxy) is 1. The Hall–Kier alpha value is -0.830. The number of thiophene rings is 1. The molecule has 11 heavy (non-hydrogen) atoms. The average Bonchev–Trinajstić information content (AvgIpc) is 2.67. The fraction of sp³-hybridized carbons (Fsp3) is 0.375. The van der Waals surface area contributed by atoms with Gasteiger partial charge in [0.15, 0.2) is 0 Å². The molecule has 3 heteroatoms. The van der Waals surface area contributed by atoms with E-state index >= 15 is 0 Å². The predicted octanol–water partition coefficient (Wildman–Crippen LogP) is 2.07. The van der Waals surface area contributed by atoms with Gasteiger partial charge in [0, 0.05) is 0 Å². The minimum atomic E-state index is -0.164. The van der Waals surface area contributed by atoms with Crippen molar-refractivity contribution in [3.05, 3.63) is 22.4 Å². The Morgan fingerprint density at radius 3 is 3.00 bits per heavy atom. The monoisotopic (exact) mass is 168 g/mol. The van der Waals surface area contributed by atoms with Crippen LogP contribution in [-0.2, 0) is 4.74 Å². The van der Waals surface area contributed by atoms with Crippen LogP contribution in [0.2, 0.25) is 0 Å². The van der Waals surface area contributed by atoms with Crippen LogP contribution in [0.3, 0.4) is 0 Å². The first-order valence-electron chi connectivity index (χ1n) is 3.61. The molecule has 1 saturated carbocycles. The summed E-state index contributed by atoms with van der Waals surface area (Å²) in [5.74, 6) is -0.164. The summed E-state index contributed by atoms with van der Waals surface area (Å²) in [6.45, 7) is 0. The van der Waals surface area contributed by atoms with Crippen LogP contribution in [0.1, 0.15) is 22.5 Å². The lowest BCUT2D eigenvalue weighted by Crippen LogP contribution is -2.03. The summed E-state index contributed by atoms with van der Waals surface area (Å²) in [5.41, 5.74) is 0. The number of carbonyl (C=O) groups excluding carboxylic acids is 1. The molecule has 1 fully saturated rings. The Labute approximate surface area is 68.8 Å². The second kappa shape index (κ2) is 2.66. The highest BCUT2D eigenvalue weighted by Crippen LogP contribution is 2.25. The zero-order valence-electron chi connectivity index (χ0n) is 5.95. The minimum Gasteiger partial charge on any atom is -0.458 e. The number of rotatable bonds is 2. The Morgan fingerprint density at radius 2 is 2.45 bits per heavy atom. The highest BCUT2D eigenvalue weighted by atomic mass is 32.1. The third-order valence-electron chi connectivity index (χ3n) is 1.52. The van der Waals surface area contributed by atoms with Crippen LogP contribution in [-0.4, -0.2) is 12.1 Å². The fourth-order valence-corrected chi connectivity index (χ4v) is 1.40. The predicted molar refractivity (Wildman–Crippen MR) is 42.8 cm³/mol. The molecule has 1 aromatic heterocycles. The first-order chi connectivity index (χ1) is 5.36. The van der Waals surface area contributed by atoms with Gasteiger partial charge in [-0.3, -0.25) is 0 Å². The summed E-state index contributed by atoms with van der Waals surface area (Å²) in [6.07, 6.45) is 2.29. The molecule has 2 rings (SSSR count). The molecule has 0 atom stereocenters. The van der Waals surface area contributed by atoms with Gasteiger partial charge in [0.25, 0.3) is 0 Å². The molecule has 0 bridgehead atoms. The lowest BCUT2D eigenvalue weighted by Gasteiger charge is -1.97. The van der Waals surface area contributed by atoms with Crippen molar-refractivity contribution < 1.29 is 9.53 Å². The summed E-state index contributed by atoms with van der Waals surface area (Å²) in [7, 11) is 0. The maximum absolute atomic E-state index is 11.1. The molecule has 2 nitrogen and oxygen atoms in total. The van der Waals surface area contributed by atoms with Crippen LogP contribution in [0.25, 0.3) is 0 Å². The number of hydrogen-bond acceptors (Lipinski definition) is 3. The molecule has 0 spiro atoms. The molecular formula is C8H8O2S. The van der Waals surface area contributed by atoms with Crippen LogP contribution < -0.4 is 0 Å². The summed E-state index contributed by atoms with van der Waals surface area (Å²) in [6, 6.07) is 3.64. The van der Waals surface area contributed by atoms with Crippen molar-refractivity contribution in [2.45, 2.75) is 18.9 Å². The molecule has 0 unspecified atom stereocenters. The van der Waals surface area contributed by atoms with Gasteiger partial charge in [-0.05, 0) is 24.3 Å². The Morgan fingerprint density at radius 1 is 1.64 bits per heavy atom. The molecule has 1 aliphatic carbocycles. The minimum absolute atomic E-state index is 0.164. The van der Waals surface area contributed by atoms with Crippen molar-refractivity contribution >= 4 is 17.3 Å². The van der Waals surface area contributed by atoms with Gasteiger partial charge in [0.2, 0.25) is 0 Å². The van der Waals surface area contributed by atoms with Crippen LogP contribution in [0.5, 0.6) is 0 Å². The zero-order chi connectivity index (χ0) is 7.68. The highest BCUT2D eigenvalue weighted by molar-refractivity contribution is 7.11. The van der Waals surface area contributed by atoms with Gasteiger partial charge in [-0.1, -0.05) is 6.07 Å². The van der Waals surface area contributed by atoms with E-state index in [1.54, 1.807) is 6.07 Å². The molecule has 1 aromatic rings. The third-order valence-corrected chi connectivity index (χ3v) is 2.37. The quantitative estimate of drug-likeness (QED) is 0.632. The third kappa shape index (κ3) is 1.60. The highest BCUT2D eigenvalue weighted by Gasteiger charge is 2.26. The van der Waals surface area contributed by atoms with Crippen molar-refractivity contribution in [2.75, 3.05) is 0 Å².